The molecule has 9 heteroatoms. The molecule has 1 aliphatic carbocycles. The topological polar surface area (TPSA) is 96.3 Å². The fourth-order valence-electron chi connectivity index (χ4n) is 4.10. The molecule has 0 atom stereocenters. The largest absolute Gasteiger partial charge is 0.328 e. The number of benzene rings is 2. The second kappa shape index (κ2) is 9.86. The van der Waals surface area contributed by atoms with Gasteiger partial charge in [0.25, 0.3) is 5.91 Å². The molecule has 4 rings (SSSR count). The van der Waals surface area contributed by atoms with E-state index in [0.29, 0.717) is 29.3 Å². The van der Waals surface area contributed by atoms with Crippen LogP contribution in [0.25, 0.3) is 5.69 Å². The van der Waals surface area contributed by atoms with Gasteiger partial charge in [-0.05, 0) is 74.7 Å². The van der Waals surface area contributed by atoms with Crippen LogP contribution in [0.4, 0.5) is 15.8 Å². The summed E-state index contributed by atoms with van der Waals surface area (Å²) in [5, 5.41) is 10.0. The smallest absolute Gasteiger partial charge is 0.275 e. The quantitative estimate of drug-likeness (QED) is 0.560. The van der Waals surface area contributed by atoms with Crippen molar-refractivity contribution in [3.63, 3.8) is 0 Å². The van der Waals surface area contributed by atoms with Gasteiger partial charge in [0.2, 0.25) is 11.8 Å². The SMILES string of the molecule is CCN(CC(=O)Nc1ccc(NC(C)=O)cc1)C(=O)c1nn(-c2ccc(F)cc2)c2c1CCC2. The molecule has 0 saturated heterocycles. The number of nitrogens with zero attached hydrogens (tertiary/aromatic N) is 3. The van der Waals surface area contributed by atoms with Crippen LogP contribution in [0.1, 0.15) is 42.0 Å². The minimum atomic E-state index is -0.336. The first-order valence-corrected chi connectivity index (χ1v) is 11.2. The minimum Gasteiger partial charge on any atom is -0.328 e. The Labute approximate surface area is 196 Å². The number of carbonyl (C=O) groups is 3. The number of hydrogen-bond donors (Lipinski definition) is 2. The van der Waals surface area contributed by atoms with Crippen molar-refractivity contribution >= 4 is 29.1 Å². The van der Waals surface area contributed by atoms with Gasteiger partial charge in [-0.3, -0.25) is 14.4 Å². The van der Waals surface area contributed by atoms with Crippen molar-refractivity contribution in [1.82, 2.24) is 14.7 Å². The summed E-state index contributed by atoms with van der Waals surface area (Å²) in [4.78, 5) is 38.6. The molecule has 2 aromatic carbocycles. The van der Waals surface area contributed by atoms with Crippen molar-refractivity contribution < 1.29 is 18.8 Å². The maximum Gasteiger partial charge on any atom is 0.275 e. The molecule has 3 amide bonds. The maximum atomic E-state index is 13.4. The fraction of sp³-hybridized carbons (Fsp3) is 0.280. The molecule has 0 fully saturated rings. The summed E-state index contributed by atoms with van der Waals surface area (Å²) in [7, 11) is 0. The lowest BCUT2D eigenvalue weighted by Gasteiger charge is -2.20. The van der Waals surface area contributed by atoms with E-state index >= 15 is 0 Å². The molecule has 0 aliphatic heterocycles. The number of halogens is 1. The highest BCUT2D eigenvalue weighted by Crippen LogP contribution is 2.28. The van der Waals surface area contributed by atoms with E-state index in [9.17, 15) is 18.8 Å². The predicted molar refractivity (Wildman–Crippen MR) is 126 cm³/mol. The van der Waals surface area contributed by atoms with Crippen molar-refractivity contribution in [2.45, 2.75) is 33.1 Å². The van der Waals surface area contributed by atoms with Gasteiger partial charge >= 0.3 is 0 Å². The molecule has 34 heavy (non-hydrogen) atoms. The summed E-state index contributed by atoms with van der Waals surface area (Å²) < 4.78 is 15.1. The van der Waals surface area contributed by atoms with Crippen LogP contribution in [-0.2, 0) is 22.4 Å². The van der Waals surface area contributed by atoms with Crippen LogP contribution < -0.4 is 10.6 Å². The summed E-state index contributed by atoms with van der Waals surface area (Å²) in [5.41, 5.74) is 4.07. The highest BCUT2D eigenvalue weighted by molar-refractivity contribution is 5.99. The molecule has 3 aromatic rings. The highest BCUT2D eigenvalue weighted by atomic mass is 19.1. The zero-order chi connectivity index (χ0) is 24.2. The summed E-state index contributed by atoms with van der Waals surface area (Å²) in [6.07, 6.45) is 2.44. The predicted octanol–water partition coefficient (Wildman–Crippen LogP) is 3.56. The number of fused-ring (bicyclic) bond motifs is 1. The molecule has 1 aliphatic rings. The Balaban J connectivity index is 1.48. The summed E-state index contributed by atoms with van der Waals surface area (Å²) >= 11 is 0. The third-order valence-electron chi connectivity index (χ3n) is 5.70. The van der Waals surface area contributed by atoms with Gasteiger partial charge in [0.1, 0.15) is 12.4 Å². The first-order chi connectivity index (χ1) is 16.4. The Morgan fingerprint density at radius 2 is 1.65 bits per heavy atom. The van der Waals surface area contributed by atoms with E-state index in [-0.39, 0.29) is 30.1 Å². The number of hydrogen-bond acceptors (Lipinski definition) is 4. The van der Waals surface area contributed by atoms with Gasteiger partial charge in [0.15, 0.2) is 5.69 Å². The zero-order valence-corrected chi connectivity index (χ0v) is 19.1. The van der Waals surface area contributed by atoms with Crippen molar-refractivity contribution in [2.24, 2.45) is 0 Å². The van der Waals surface area contributed by atoms with E-state index in [1.807, 2.05) is 6.92 Å². The van der Waals surface area contributed by atoms with Crippen molar-refractivity contribution in [3.05, 3.63) is 71.3 Å². The van der Waals surface area contributed by atoms with Gasteiger partial charge in [0, 0.05) is 36.1 Å². The maximum absolute atomic E-state index is 13.4. The Morgan fingerprint density at radius 3 is 2.26 bits per heavy atom. The summed E-state index contributed by atoms with van der Waals surface area (Å²) in [6, 6.07) is 12.7. The molecule has 0 unspecified atom stereocenters. The van der Waals surface area contributed by atoms with Crippen LogP contribution in [0.3, 0.4) is 0 Å². The molecule has 8 nitrogen and oxygen atoms in total. The van der Waals surface area contributed by atoms with E-state index < -0.39 is 0 Å². The molecule has 0 spiro atoms. The Bertz CT molecular complexity index is 1220. The van der Waals surface area contributed by atoms with Crippen LogP contribution in [0.2, 0.25) is 0 Å². The number of nitrogens with one attached hydrogen (secondary N) is 2. The first-order valence-electron chi connectivity index (χ1n) is 11.2. The number of rotatable bonds is 7. The lowest BCUT2D eigenvalue weighted by Crippen LogP contribution is -2.38. The first kappa shape index (κ1) is 23.2. The second-order valence-corrected chi connectivity index (χ2v) is 8.14. The monoisotopic (exact) mass is 463 g/mol. The molecule has 0 saturated carbocycles. The van der Waals surface area contributed by atoms with E-state index in [1.54, 1.807) is 41.1 Å². The van der Waals surface area contributed by atoms with Crippen LogP contribution in [0.15, 0.2) is 48.5 Å². The lowest BCUT2D eigenvalue weighted by molar-refractivity contribution is -0.117. The van der Waals surface area contributed by atoms with E-state index in [1.165, 1.54) is 24.0 Å². The van der Waals surface area contributed by atoms with Crippen molar-refractivity contribution in [1.29, 1.82) is 0 Å². The van der Waals surface area contributed by atoms with Gasteiger partial charge in [-0.2, -0.15) is 5.10 Å². The lowest BCUT2D eigenvalue weighted by atomic mass is 10.2. The molecule has 176 valence electrons. The zero-order valence-electron chi connectivity index (χ0n) is 19.1. The average molecular weight is 464 g/mol. The van der Waals surface area contributed by atoms with E-state index in [4.69, 9.17) is 0 Å². The van der Waals surface area contributed by atoms with E-state index in [2.05, 4.69) is 15.7 Å². The van der Waals surface area contributed by atoms with E-state index in [0.717, 1.165) is 30.5 Å². The Kier molecular flexibility index (Phi) is 6.72. The third kappa shape index (κ3) is 4.98. The molecular formula is C25H26FN5O3. The van der Waals surface area contributed by atoms with Gasteiger partial charge in [0.05, 0.1) is 5.69 Å². The molecule has 1 aromatic heterocycles. The summed E-state index contributed by atoms with van der Waals surface area (Å²) in [6.45, 7) is 3.45. The number of amides is 3. The van der Waals surface area contributed by atoms with Crippen molar-refractivity contribution in [2.75, 3.05) is 23.7 Å². The Hall–Kier alpha value is -4.01. The van der Waals surface area contributed by atoms with Gasteiger partial charge in [-0.1, -0.05) is 0 Å². The standard InChI is InChI=1S/C25H26FN5O3/c1-3-30(15-23(33)28-19-11-9-18(10-12-19)27-16(2)32)25(34)24-21-5-4-6-22(21)31(29-24)20-13-7-17(26)8-14-20/h7-14H,3-6,15H2,1-2H3,(H,27,32)(H,28,33). The Morgan fingerprint density at radius 1 is 1.00 bits per heavy atom. The van der Waals surface area contributed by atoms with Gasteiger partial charge < -0.3 is 15.5 Å². The summed E-state index contributed by atoms with van der Waals surface area (Å²) in [5.74, 6) is -1.16. The second-order valence-electron chi connectivity index (χ2n) is 8.14. The third-order valence-corrected chi connectivity index (χ3v) is 5.70. The highest BCUT2D eigenvalue weighted by Gasteiger charge is 2.30. The number of anilines is 2. The van der Waals surface area contributed by atoms with Crippen LogP contribution in [-0.4, -0.2) is 45.5 Å². The molecule has 0 bridgehead atoms. The van der Waals surface area contributed by atoms with Gasteiger partial charge in [-0.25, -0.2) is 9.07 Å². The van der Waals surface area contributed by atoms with Crippen LogP contribution in [0, 0.1) is 5.82 Å². The molecule has 0 radical (unpaired) electrons. The van der Waals surface area contributed by atoms with Gasteiger partial charge in [-0.15, -0.1) is 0 Å². The average Bonchev–Trinajstić information content (AvgIpc) is 3.42. The molecular weight excluding hydrogens is 437 g/mol. The number of carbonyl (C=O) groups excluding carboxylic acids is 3. The molecule has 2 N–H and O–H groups in total. The number of likely N-dealkylation sites (N-methyl/N-ethyl adjacent to an activating group) is 1. The van der Waals surface area contributed by atoms with Crippen LogP contribution >= 0.6 is 0 Å². The molecule has 1 heterocycles. The van der Waals surface area contributed by atoms with Crippen LogP contribution in [0.5, 0.6) is 0 Å². The fourth-order valence-corrected chi connectivity index (χ4v) is 4.10. The normalized spacial score (nSPS) is 12.2. The minimum absolute atomic E-state index is 0.124. The van der Waals surface area contributed by atoms with Crippen molar-refractivity contribution in [3.8, 4) is 5.69 Å². The number of aromatic nitrogens is 2.